The minimum absolute atomic E-state index is 0.0116. The molecule has 5 nitrogen and oxygen atoms in total. The maximum Gasteiger partial charge on any atom is 0.416 e. The van der Waals surface area contributed by atoms with Crippen molar-refractivity contribution in [2.75, 3.05) is 7.05 Å². The van der Waals surface area contributed by atoms with Crippen LogP contribution in [0.1, 0.15) is 33.7 Å². The number of likely N-dealkylation sites (N-methyl/N-ethyl adjacent to an activating group) is 1. The van der Waals surface area contributed by atoms with Crippen LogP contribution in [-0.4, -0.2) is 23.8 Å². The summed E-state index contributed by atoms with van der Waals surface area (Å²) in [6.07, 6.45) is -4.47. The minimum Gasteiger partial charge on any atom is -0.369 e. The number of thiophene rings is 1. The van der Waals surface area contributed by atoms with Crippen molar-refractivity contribution in [2.45, 2.75) is 24.6 Å². The maximum absolute atomic E-state index is 13.0. The van der Waals surface area contributed by atoms with Crippen molar-refractivity contribution in [3.8, 4) is 6.07 Å². The lowest BCUT2D eigenvalue weighted by atomic mass is 9.77. The summed E-state index contributed by atoms with van der Waals surface area (Å²) >= 11 is 1.17. The minimum atomic E-state index is -4.47. The molecule has 0 unspecified atom stereocenters. The highest BCUT2D eigenvalue weighted by atomic mass is 32.1. The fourth-order valence-corrected chi connectivity index (χ4v) is 4.05. The number of aliphatic imine (C=N–C) groups is 1. The van der Waals surface area contributed by atoms with E-state index in [1.165, 1.54) is 35.4 Å². The molecule has 9 heteroatoms. The van der Waals surface area contributed by atoms with Crippen LogP contribution in [0.4, 0.5) is 13.2 Å². The number of guanidine groups is 1. The Labute approximate surface area is 157 Å². The summed E-state index contributed by atoms with van der Waals surface area (Å²) in [4.78, 5) is 19.7. The van der Waals surface area contributed by atoms with Gasteiger partial charge in [-0.2, -0.15) is 18.4 Å². The van der Waals surface area contributed by atoms with Crippen molar-refractivity contribution in [3.63, 3.8) is 0 Å². The zero-order valence-corrected chi connectivity index (χ0v) is 15.2. The molecule has 1 amide bonds. The van der Waals surface area contributed by atoms with Crippen LogP contribution in [0.15, 0.2) is 41.4 Å². The molecule has 3 rings (SSSR count). The standard InChI is InChI=1S/C18H15F3N4OS/c1-17(13-8-7-12(9-22)27-13)14(15(26)25(2)16(23)24-17)10-3-5-11(6-4-10)18(19,20)21/h3-8,14H,1-2H3,(H2,23,24)/t14-,17+/m0/s1. The van der Waals surface area contributed by atoms with E-state index < -0.39 is 23.2 Å². The second-order valence-electron chi connectivity index (χ2n) is 6.34. The van der Waals surface area contributed by atoms with Gasteiger partial charge in [-0.15, -0.1) is 11.3 Å². The number of amides is 1. The highest BCUT2D eigenvalue weighted by Gasteiger charge is 2.48. The summed E-state index contributed by atoms with van der Waals surface area (Å²) in [5, 5.41) is 9.09. The van der Waals surface area contributed by atoms with Crippen molar-refractivity contribution < 1.29 is 18.0 Å². The summed E-state index contributed by atoms with van der Waals surface area (Å²) < 4.78 is 38.6. The number of nitrogens with zero attached hydrogens (tertiary/aromatic N) is 3. The van der Waals surface area contributed by atoms with Gasteiger partial charge in [0.1, 0.15) is 16.5 Å². The largest absolute Gasteiger partial charge is 0.416 e. The van der Waals surface area contributed by atoms with Crippen LogP contribution in [0.5, 0.6) is 0 Å². The van der Waals surface area contributed by atoms with E-state index in [4.69, 9.17) is 11.0 Å². The summed E-state index contributed by atoms with van der Waals surface area (Å²) in [6.45, 7) is 1.69. The average molecular weight is 392 g/mol. The Bertz CT molecular complexity index is 958. The van der Waals surface area contributed by atoms with E-state index in [-0.39, 0.29) is 11.9 Å². The van der Waals surface area contributed by atoms with E-state index in [2.05, 4.69) is 4.99 Å². The molecule has 2 aromatic rings. The summed E-state index contributed by atoms with van der Waals surface area (Å²) in [6, 6.07) is 9.80. The average Bonchev–Trinajstić information content (AvgIpc) is 3.09. The van der Waals surface area contributed by atoms with E-state index in [1.54, 1.807) is 19.1 Å². The molecule has 1 aliphatic rings. The third-order valence-electron chi connectivity index (χ3n) is 4.62. The second kappa shape index (κ2) is 6.39. The molecular formula is C18H15F3N4OS. The van der Waals surface area contributed by atoms with Gasteiger partial charge in [0, 0.05) is 11.9 Å². The SMILES string of the molecule is CN1C(=O)[C@H](c2ccc(C(F)(F)F)cc2)[C@@](C)(c2ccc(C#N)s2)N=C1N. The number of nitriles is 1. The van der Waals surface area contributed by atoms with Crippen LogP contribution in [0.2, 0.25) is 0 Å². The molecule has 1 aliphatic heterocycles. The number of halogens is 3. The van der Waals surface area contributed by atoms with Crippen molar-refractivity contribution in [1.29, 1.82) is 5.26 Å². The number of hydrogen-bond donors (Lipinski definition) is 1. The van der Waals surface area contributed by atoms with E-state index in [9.17, 15) is 18.0 Å². The first-order chi connectivity index (χ1) is 12.6. The molecule has 2 N–H and O–H groups in total. The van der Waals surface area contributed by atoms with Gasteiger partial charge in [-0.1, -0.05) is 12.1 Å². The smallest absolute Gasteiger partial charge is 0.369 e. The Balaban J connectivity index is 2.15. The van der Waals surface area contributed by atoms with Gasteiger partial charge in [0.15, 0.2) is 5.96 Å². The molecule has 140 valence electrons. The molecule has 0 aliphatic carbocycles. The Kier molecular flexibility index (Phi) is 4.48. The third kappa shape index (κ3) is 3.17. The first-order valence-electron chi connectivity index (χ1n) is 7.88. The molecule has 2 heterocycles. The van der Waals surface area contributed by atoms with Gasteiger partial charge >= 0.3 is 6.18 Å². The number of hydrogen-bond acceptors (Lipinski definition) is 5. The van der Waals surface area contributed by atoms with E-state index in [0.717, 1.165) is 12.1 Å². The lowest BCUT2D eigenvalue weighted by Crippen LogP contribution is -2.52. The Morgan fingerprint density at radius 2 is 1.89 bits per heavy atom. The van der Waals surface area contributed by atoms with Crippen LogP contribution in [0, 0.1) is 11.3 Å². The Morgan fingerprint density at radius 3 is 2.41 bits per heavy atom. The molecule has 2 atom stereocenters. The molecule has 1 aromatic carbocycles. The second-order valence-corrected chi connectivity index (χ2v) is 7.43. The number of nitrogens with two attached hydrogens (primary N) is 1. The Hall–Kier alpha value is -2.86. The van der Waals surface area contributed by atoms with Gasteiger partial charge in [0.2, 0.25) is 5.91 Å². The van der Waals surface area contributed by atoms with Crippen molar-refractivity contribution in [2.24, 2.45) is 10.7 Å². The van der Waals surface area contributed by atoms with Gasteiger partial charge in [0.25, 0.3) is 0 Å². The van der Waals surface area contributed by atoms with Crippen molar-refractivity contribution in [1.82, 2.24) is 4.90 Å². The van der Waals surface area contributed by atoms with Crippen LogP contribution >= 0.6 is 11.3 Å². The van der Waals surface area contributed by atoms with Crippen molar-refractivity contribution >= 4 is 23.2 Å². The molecule has 0 saturated carbocycles. The van der Waals surface area contributed by atoms with Gasteiger partial charge in [-0.3, -0.25) is 9.69 Å². The van der Waals surface area contributed by atoms with E-state index >= 15 is 0 Å². The molecule has 0 spiro atoms. The number of alkyl halides is 3. The number of rotatable bonds is 2. The van der Waals surface area contributed by atoms with Crippen LogP contribution < -0.4 is 5.73 Å². The van der Waals surface area contributed by atoms with Gasteiger partial charge in [-0.25, -0.2) is 4.99 Å². The molecule has 0 fully saturated rings. The maximum atomic E-state index is 13.0. The lowest BCUT2D eigenvalue weighted by molar-refractivity contribution is -0.137. The third-order valence-corrected chi connectivity index (χ3v) is 5.83. The monoisotopic (exact) mass is 392 g/mol. The van der Waals surface area contributed by atoms with Gasteiger partial charge < -0.3 is 5.73 Å². The summed E-state index contributed by atoms with van der Waals surface area (Å²) in [7, 11) is 1.47. The molecule has 0 saturated heterocycles. The zero-order valence-electron chi connectivity index (χ0n) is 14.4. The summed E-state index contributed by atoms with van der Waals surface area (Å²) in [5.74, 6) is -1.24. The van der Waals surface area contributed by atoms with E-state index in [1.807, 2.05) is 6.07 Å². The quantitative estimate of drug-likeness (QED) is 0.850. The Morgan fingerprint density at radius 1 is 1.26 bits per heavy atom. The first kappa shape index (κ1) is 18.9. The zero-order chi connectivity index (χ0) is 20.0. The first-order valence-corrected chi connectivity index (χ1v) is 8.70. The number of carbonyl (C=O) groups is 1. The normalized spacial score (nSPS) is 23.1. The molecule has 0 bridgehead atoms. The fourth-order valence-electron chi connectivity index (χ4n) is 3.12. The van der Waals surface area contributed by atoms with E-state index in [0.29, 0.717) is 15.3 Å². The molecule has 1 aromatic heterocycles. The molecule has 0 radical (unpaired) electrons. The van der Waals surface area contributed by atoms with Gasteiger partial charge in [-0.05, 0) is 36.8 Å². The number of benzene rings is 1. The topological polar surface area (TPSA) is 82.5 Å². The van der Waals surface area contributed by atoms with Gasteiger partial charge in [0.05, 0.1) is 11.5 Å². The van der Waals surface area contributed by atoms with Crippen LogP contribution in [0.25, 0.3) is 0 Å². The predicted octanol–water partition coefficient (Wildman–Crippen LogP) is 3.42. The molecule has 27 heavy (non-hydrogen) atoms. The van der Waals surface area contributed by atoms with Crippen LogP contribution in [-0.2, 0) is 16.5 Å². The predicted molar refractivity (Wildman–Crippen MR) is 95.0 cm³/mol. The number of carbonyl (C=O) groups excluding carboxylic acids is 1. The highest BCUT2D eigenvalue weighted by Crippen LogP contribution is 2.46. The van der Waals surface area contributed by atoms with Crippen molar-refractivity contribution in [3.05, 3.63) is 57.3 Å². The lowest BCUT2D eigenvalue weighted by Gasteiger charge is -2.40. The fraction of sp³-hybridized carbons (Fsp3) is 0.278. The highest BCUT2D eigenvalue weighted by molar-refractivity contribution is 7.12. The summed E-state index contributed by atoms with van der Waals surface area (Å²) in [5.41, 5.74) is 4.35. The molecular weight excluding hydrogens is 377 g/mol. The van der Waals surface area contributed by atoms with Crippen LogP contribution in [0.3, 0.4) is 0 Å².